The second-order valence-corrected chi connectivity index (χ2v) is 4.83. The topological polar surface area (TPSA) is 78.4 Å². The highest BCUT2D eigenvalue weighted by Gasteiger charge is 2.36. The Morgan fingerprint density at radius 1 is 1.44 bits per heavy atom. The molecular formula is C13H16N2O3. The third-order valence-corrected chi connectivity index (χ3v) is 3.28. The molecule has 1 aromatic carbocycles. The Morgan fingerprint density at radius 3 is 2.83 bits per heavy atom. The summed E-state index contributed by atoms with van der Waals surface area (Å²) < 4.78 is 0. The monoisotopic (exact) mass is 248 g/mol. The van der Waals surface area contributed by atoms with Gasteiger partial charge in [-0.15, -0.1) is 0 Å². The molecule has 0 bridgehead atoms. The first kappa shape index (κ1) is 12.6. The lowest BCUT2D eigenvalue weighted by Gasteiger charge is -2.21. The lowest BCUT2D eigenvalue weighted by Crippen LogP contribution is -2.35. The smallest absolute Gasteiger partial charge is 0.335 e. The Labute approximate surface area is 105 Å². The molecule has 1 amide bonds. The van der Waals surface area contributed by atoms with Crippen molar-refractivity contribution in [3.8, 4) is 0 Å². The van der Waals surface area contributed by atoms with E-state index in [0.29, 0.717) is 12.2 Å². The van der Waals surface area contributed by atoms with Crippen LogP contribution in [0.15, 0.2) is 24.3 Å². The Hall–Kier alpha value is -1.88. The fraction of sp³-hybridized carbons (Fsp3) is 0.385. The molecular weight excluding hydrogens is 232 g/mol. The molecule has 1 aliphatic rings. The van der Waals surface area contributed by atoms with Crippen LogP contribution < -0.4 is 10.6 Å². The first-order chi connectivity index (χ1) is 8.51. The van der Waals surface area contributed by atoms with Crippen molar-refractivity contribution < 1.29 is 14.7 Å². The second kappa shape index (κ2) is 4.78. The minimum atomic E-state index is -1.00. The average Bonchev–Trinajstić information content (AvgIpc) is 2.78. The minimum Gasteiger partial charge on any atom is -0.478 e. The first-order valence-corrected chi connectivity index (χ1v) is 5.87. The fourth-order valence-corrected chi connectivity index (χ4v) is 2.02. The van der Waals surface area contributed by atoms with E-state index < -0.39 is 11.4 Å². The number of hydrogen-bond donors (Lipinski definition) is 3. The number of nitrogens with one attached hydrogen (secondary N) is 2. The summed E-state index contributed by atoms with van der Waals surface area (Å²) in [6.07, 6.45) is 0.789. The lowest BCUT2D eigenvalue weighted by atomic mass is 9.88. The summed E-state index contributed by atoms with van der Waals surface area (Å²) in [4.78, 5) is 23.0. The van der Waals surface area contributed by atoms with E-state index >= 15 is 0 Å². The Kier molecular flexibility index (Phi) is 3.34. The predicted octanol–water partition coefficient (Wildman–Crippen LogP) is 1.32. The highest BCUT2D eigenvalue weighted by Crippen LogP contribution is 2.26. The van der Waals surface area contributed by atoms with Gasteiger partial charge in [-0.1, -0.05) is 6.07 Å². The van der Waals surface area contributed by atoms with Gasteiger partial charge in [0.1, 0.15) is 0 Å². The van der Waals surface area contributed by atoms with Gasteiger partial charge in [-0.3, -0.25) is 4.79 Å². The number of amides is 1. The Bertz CT molecular complexity index is 479. The number of rotatable bonds is 3. The second-order valence-electron chi connectivity index (χ2n) is 4.83. The maximum atomic E-state index is 12.1. The van der Waals surface area contributed by atoms with E-state index in [9.17, 15) is 9.59 Å². The lowest BCUT2D eigenvalue weighted by molar-refractivity contribution is -0.123. The number of benzene rings is 1. The van der Waals surface area contributed by atoms with Crippen molar-refractivity contribution in [3.05, 3.63) is 29.8 Å². The van der Waals surface area contributed by atoms with Crippen molar-refractivity contribution in [3.63, 3.8) is 0 Å². The molecule has 1 fully saturated rings. The predicted molar refractivity (Wildman–Crippen MR) is 67.6 cm³/mol. The van der Waals surface area contributed by atoms with Crippen LogP contribution in [0.25, 0.3) is 0 Å². The van der Waals surface area contributed by atoms with Crippen LogP contribution >= 0.6 is 0 Å². The number of carbonyl (C=O) groups excluding carboxylic acids is 1. The molecule has 1 heterocycles. The molecule has 0 aliphatic carbocycles. The van der Waals surface area contributed by atoms with Gasteiger partial charge in [-0.2, -0.15) is 0 Å². The van der Waals surface area contributed by atoms with Gasteiger partial charge in [0, 0.05) is 12.2 Å². The van der Waals surface area contributed by atoms with Gasteiger partial charge in [0.15, 0.2) is 0 Å². The van der Waals surface area contributed by atoms with Crippen molar-refractivity contribution in [1.82, 2.24) is 5.32 Å². The SMILES string of the molecule is CC1(C(=O)Nc2cccc(C(=O)O)c2)CCNC1. The third-order valence-electron chi connectivity index (χ3n) is 3.28. The van der Waals surface area contributed by atoms with Gasteiger partial charge >= 0.3 is 5.97 Å². The summed E-state index contributed by atoms with van der Waals surface area (Å²) in [6.45, 7) is 3.39. The maximum Gasteiger partial charge on any atom is 0.335 e. The van der Waals surface area contributed by atoms with Crippen LogP contribution in [-0.2, 0) is 4.79 Å². The molecule has 5 nitrogen and oxygen atoms in total. The van der Waals surface area contributed by atoms with E-state index in [-0.39, 0.29) is 11.5 Å². The Morgan fingerprint density at radius 2 is 2.22 bits per heavy atom. The zero-order chi connectivity index (χ0) is 13.2. The van der Waals surface area contributed by atoms with Crippen molar-refractivity contribution in [2.24, 2.45) is 5.41 Å². The van der Waals surface area contributed by atoms with Crippen LogP contribution in [0, 0.1) is 5.41 Å². The summed E-state index contributed by atoms with van der Waals surface area (Å²) in [5, 5.41) is 14.8. The number of anilines is 1. The number of carbonyl (C=O) groups is 2. The molecule has 0 radical (unpaired) electrons. The summed E-state index contributed by atoms with van der Waals surface area (Å²) in [6, 6.07) is 6.27. The van der Waals surface area contributed by atoms with Crippen LogP contribution in [-0.4, -0.2) is 30.1 Å². The molecule has 0 saturated carbocycles. The van der Waals surface area contributed by atoms with Gasteiger partial charge in [0.25, 0.3) is 0 Å². The zero-order valence-corrected chi connectivity index (χ0v) is 10.2. The van der Waals surface area contributed by atoms with Crippen LogP contribution in [0.1, 0.15) is 23.7 Å². The van der Waals surface area contributed by atoms with Crippen molar-refractivity contribution in [1.29, 1.82) is 0 Å². The standard InChI is InChI=1S/C13H16N2O3/c1-13(5-6-14-8-13)12(18)15-10-4-2-3-9(7-10)11(16)17/h2-4,7,14H,5-6,8H2,1H3,(H,15,18)(H,16,17). The summed E-state index contributed by atoms with van der Waals surface area (Å²) in [5.74, 6) is -1.07. The summed E-state index contributed by atoms with van der Waals surface area (Å²) in [5.41, 5.74) is 0.273. The minimum absolute atomic E-state index is 0.0740. The van der Waals surface area contributed by atoms with Crippen LogP contribution in [0.5, 0.6) is 0 Å². The van der Waals surface area contributed by atoms with Gasteiger partial charge < -0.3 is 15.7 Å². The Balaban J connectivity index is 2.11. The summed E-state index contributed by atoms with van der Waals surface area (Å²) >= 11 is 0. The van der Waals surface area contributed by atoms with Crippen molar-refractivity contribution in [2.75, 3.05) is 18.4 Å². The molecule has 96 valence electrons. The fourth-order valence-electron chi connectivity index (χ4n) is 2.02. The van der Waals surface area contributed by atoms with Crippen LogP contribution in [0.3, 0.4) is 0 Å². The highest BCUT2D eigenvalue weighted by atomic mass is 16.4. The molecule has 1 saturated heterocycles. The van der Waals surface area contributed by atoms with Gasteiger partial charge in [0.05, 0.1) is 11.0 Å². The van der Waals surface area contributed by atoms with Gasteiger partial charge in [-0.05, 0) is 38.1 Å². The first-order valence-electron chi connectivity index (χ1n) is 5.87. The van der Waals surface area contributed by atoms with E-state index in [1.165, 1.54) is 12.1 Å². The van der Waals surface area contributed by atoms with E-state index in [2.05, 4.69) is 10.6 Å². The molecule has 3 N–H and O–H groups in total. The van der Waals surface area contributed by atoms with E-state index in [0.717, 1.165) is 13.0 Å². The number of hydrogen-bond acceptors (Lipinski definition) is 3. The number of carboxylic acid groups (broad SMARTS) is 1. The van der Waals surface area contributed by atoms with Crippen LogP contribution in [0.2, 0.25) is 0 Å². The van der Waals surface area contributed by atoms with E-state index in [1.807, 2.05) is 6.92 Å². The van der Waals surface area contributed by atoms with Gasteiger partial charge in [0.2, 0.25) is 5.91 Å². The molecule has 0 aromatic heterocycles. The average molecular weight is 248 g/mol. The molecule has 5 heteroatoms. The zero-order valence-electron chi connectivity index (χ0n) is 10.2. The largest absolute Gasteiger partial charge is 0.478 e. The van der Waals surface area contributed by atoms with Crippen LogP contribution in [0.4, 0.5) is 5.69 Å². The summed E-state index contributed by atoms with van der Waals surface area (Å²) in [7, 11) is 0. The number of carboxylic acids is 1. The van der Waals surface area contributed by atoms with Crippen molar-refractivity contribution in [2.45, 2.75) is 13.3 Å². The van der Waals surface area contributed by atoms with E-state index in [1.54, 1.807) is 12.1 Å². The molecule has 1 aromatic rings. The molecule has 2 rings (SSSR count). The molecule has 18 heavy (non-hydrogen) atoms. The van der Waals surface area contributed by atoms with E-state index in [4.69, 9.17) is 5.11 Å². The molecule has 1 aliphatic heterocycles. The van der Waals surface area contributed by atoms with Crippen molar-refractivity contribution >= 4 is 17.6 Å². The normalized spacial score (nSPS) is 22.7. The van der Waals surface area contributed by atoms with Gasteiger partial charge in [-0.25, -0.2) is 4.79 Å². The quantitative estimate of drug-likeness (QED) is 0.754. The highest BCUT2D eigenvalue weighted by molar-refractivity contribution is 5.97. The number of aromatic carboxylic acids is 1. The molecule has 1 unspecified atom stereocenters. The molecule has 1 atom stereocenters. The third kappa shape index (κ3) is 2.51. The molecule has 0 spiro atoms. The maximum absolute atomic E-state index is 12.1.